The van der Waals surface area contributed by atoms with Crippen LogP contribution in [0.3, 0.4) is 0 Å². The maximum absolute atomic E-state index is 14.3. The average molecular weight is 476 g/mol. The zero-order valence-corrected chi connectivity index (χ0v) is 18.5. The summed E-state index contributed by atoms with van der Waals surface area (Å²) in [7, 11) is 0. The Morgan fingerprint density at radius 3 is 2.21 bits per heavy atom. The van der Waals surface area contributed by atoms with Crippen molar-refractivity contribution >= 4 is 11.8 Å². The molecule has 0 aliphatic heterocycles. The molecule has 4 saturated carbocycles. The molecule has 0 radical (unpaired) electrons. The third kappa shape index (κ3) is 4.14. The predicted molar refractivity (Wildman–Crippen MR) is 113 cm³/mol. The lowest BCUT2D eigenvalue weighted by atomic mass is 9.49. The summed E-state index contributed by atoms with van der Waals surface area (Å²) in [5.41, 5.74) is -2.16. The second kappa shape index (κ2) is 7.74. The molecule has 34 heavy (non-hydrogen) atoms. The summed E-state index contributed by atoms with van der Waals surface area (Å²) >= 11 is 0. The summed E-state index contributed by atoms with van der Waals surface area (Å²) in [5.74, 6) is -1.72. The average Bonchev–Trinajstić information content (AvgIpc) is 2.71. The number of amides is 2. The number of alkyl halides is 3. The number of hydrogen-bond donors (Lipinski definition) is 2. The quantitative estimate of drug-likeness (QED) is 0.648. The SMILES string of the molecule is Cc1cncc(C(=O)NC23CC4CC(C2)CC(NC(=O)c2cc(C(F)(F)F)ccc2F)(C4)C3)n1. The van der Waals surface area contributed by atoms with E-state index in [1.165, 1.54) is 6.20 Å². The van der Waals surface area contributed by atoms with Gasteiger partial charge in [0, 0.05) is 17.3 Å². The van der Waals surface area contributed by atoms with Gasteiger partial charge in [0.15, 0.2) is 0 Å². The van der Waals surface area contributed by atoms with E-state index >= 15 is 0 Å². The van der Waals surface area contributed by atoms with Gasteiger partial charge in [-0.05, 0) is 75.5 Å². The fourth-order valence-corrected chi connectivity index (χ4v) is 6.62. The van der Waals surface area contributed by atoms with E-state index in [4.69, 9.17) is 0 Å². The zero-order chi connectivity index (χ0) is 24.3. The lowest BCUT2D eigenvalue weighted by Gasteiger charge is -2.62. The Kier molecular flexibility index (Phi) is 5.18. The first-order chi connectivity index (χ1) is 16.0. The zero-order valence-electron chi connectivity index (χ0n) is 18.5. The second-order valence-electron chi connectivity index (χ2n) is 10.2. The van der Waals surface area contributed by atoms with E-state index in [0.717, 1.165) is 19.3 Å². The first-order valence-electron chi connectivity index (χ1n) is 11.3. The fraction of sp³-hybridized carbons (Fsp3) is 0.500. The molecule has 4 aliphatic rings. The second-order valence-corrected chi connectivity index (χ2v) is 10.2. The van der Waals surface area contributed by atoms with Crippen LogP contribution in [0.25, 0.3) is 0 Å². The van der Waals surface area contributed by atoms with E-state index in [-0.39, 0.29) is 23.4 Å². The molecule has 0 spiro atoms. The van der Waals surface area contributed by atoms with Gasteiger partial charge < -0.3 is 10.6 Å². The Bertz CT molecular complexity index is 1150. The molecule has 2 N–H and O–H groups in total. The lowest BCUT2D eigenvalue weighted by Crippen LogP contribution is -2.70. The van der Waals surface area contributed by atoms with Gasteiger partial charge in [-0.2, -0.15) is 13.2 Å². The summed E-state index contributed by atoms with van der Waals surface area (Å²) in [6, 6.07) is 1.84. The van der Waals surface area contributed by atoms with Gasteiger partial charge in [-0.3, -0.25) is 14.6 Å². The van der Waals surface area contributed by atoms with E-state index in [1.807, 2.05) is 0 Å². The molecule has 10 heteroatoms. The molecule has 4 bridgehead atoms. The summed E-state index contributed by atoms with van der Waals surface area (Å²) in [6.45, 7) is 1.74. The normalized spacial score (nSPS) is 29.7. The maximum atomic E-state index is 14.3. The molecule has 180 valence electrons. The van der Waals surface area contributed by atoms with Crippen LogP contribution >= 0.6 is 0 Å². The minimum absolute atomic E-state index is 0.208. The number of hydrogen-bond acceptors (Lipinski definition) is 4. The maximum Gasteiger partial charge on any atom is 0.416 e. The third-order valence-electron chi connectivity index (χ3n) is 7.34. The molecular formula is C24H24F4N4O2. The van der Waals surface area contributed by atoms with Crippen molar-refractivity contribution < 1.29 is 27.2 Å². The van der Waals surface area contributed by atoms with Gasteiger partial charge in [-0.25, -0.2) is 9.37 Å². The molecular weight excluding hydrogens is 452 g/mol. The van der Waals surface area contributed by atoms with Crippen LogP contribution in [-0.2, 0) is 6.18 Å². The molecule has 2 unspecified atom stereocenters. The molecule has 2 aromatic rings. The van der Waals surface area contributed by atoms with Crippen molar-refractivity contribution in [1.82, 2.24) is 20.6 Å². The highest BCUT2D eigenvalue weighted by Gasteiger charge is 2.59. The molecule has 6 rings (SSSR count). The Labute approximate surface area is 193 Å². The number of benzene rings is 1. The van der Waals surface area contributed by atoms with Crippen LogP contribution in [0.4, 0.5) is 17.6 Å². The Hall–Kier alpha value is -3.04. The molecule has 2 atom stereocenters. The van der Waals surface area contributed by atoms with Crippen LogP contribution in [0.5, 0.6) is 0 Å². The van der Waals surface area contributed by atoms with Crippen LogP contribution in [0.1, 0.15) is 70.6 Å². The van der Waals surface area contributed by atoms with Gasteiger partial charge in [-0.1, -0.05) is 0 Å². The summed E-state index contributed by atoms with van der Waals surface area (Å²) < 4.78 is 53.7. The number of carbonyl (C=O) groups is 2. The van der Waals surface area contributed by atoms with Gasteiger partial charge >= 0.3 is 6.18 Å². The number of nitrogens with one attached hydrogen (secondary N) is 2. The smallest absolute Gasteiger partial charge is 0.346 e. The molecule has 1 heterocycles. The van der Waals surface area contributed by atoms with Crippen LogP contribution in [0.15, 0.2) is 30.6 Å². The van der Waals surface area contributed by atoms with Crippen LogP contribution in [0, 0.1) is 24.6 Å². The van der Waals surface area contributed by atoms with Crippen molar-refractivity contribution in [3.8, 4) is 0 Å². The largest absolute Gasteiger partial charge is 0.416 e. The van der Waals surface area contributed by atoms with Crippen molar-refractivity contribution in [2.24, 2.45) is 11.8 Å². The topological polar surface area (TPSA) is 84.0 Å². The monoisotopic (exact) mass is 476 g/mol. The summed E-state index contributed by atoms with van der Waals surface area (Å²) in [4.78, 5) is 34.2. The molecule has 4 aliphatic carbocycles. The van der Waals surface area contributed by atoms with E-state index in [2.05, 4.69) is 20.6 Å². The number of halogens is 4. The fourth-order valence-electron chi connectivity index (χ4n) is 6.62. The van der Waals surface area contributed by atoms with Crippen LogP contribution in [0.2, 0.25) is 0 Å². The van der Waals surface area contributed by atoms with Crippen molar-refractivity contribution in [2.45, 2.75) is 62.7 Å². The van der Waals surface area contributed by atoms with Crippen LogP contribution in [-0.4, -0.2) is 32.9 Å². The molecule has 0 saturated heterocycles. The summed E-state index contributed by atoms with van der Waals surface area (Å²) in [6.07, 6.45) is 2.48. The predicted octanol–water partition coefficient (Wildman–Crippen LogP) is 4.19. The Morgan fingerprint density at radius 2 is 1.62 bits per heavy atom. The van der Waals surface area contributed by atoms with Crippen LogP contribution < -0.4 is 10.6 Å². The first-order valence-corrected chi connectivity index (χ1v) is 11.3. The van der Waals surface area contributed by atoms with E-state index in [9.17, 15) is 27.2 Å². The number of rotatable bonds is 4. The van der Waals surface area contributed by atoms with E-state index in [1.54, 1.807) is 13.1 Å². The molecule has 4 fully saturated rings. The Morgan fingerprint density at radius 1 is 1.00 bits per heavy atom. The minimum atomic E-state index is -4.68. The lowest BCUT2D eigenvalue weighted by molar-refractivity contribution is -0.137. The first kappa shape index (κ1) is 22.7. The number of aryl methyl sites for hydroxylation is 1. The number of aromatic nitrogens is 2. The Balaban J connectivity index is 1.39. The molecule has 6 nitrogen and oxygen atoms in total. The van der Waals surface area contributed by atoms with Gasteiger partial charge in [0.05, 0.1) is 23.0 Å². The van der Waals surface area contributed by atoms with E-state index in [0.29, 0.717) is 43.2 Å². The van der Waals surface area contributed by atoms with Gasteiger partial charge in [0.25, 0.3) is 11.8 Å². The highest BCUT2D eigenvalue weighted by atomic mass is 19.4. The standard InChI is InChI=1S/C24H24F4N4O2/c1-13-10-29-11-19(30-13)21(34)32-23-8-14-4-15(9-23)7-22(6-14,12-23)31-20(33)17-5-16(24(26,27)28)2-3-18(17)25/h2-3,5,10-11,14-15H,4,6-9,12H2,1H3,(H,31,33)(H,32,34). The van der Waals surface area contributed by atoms with Gasteiger partial charge in [-0.15, -0.1) is 0 Å². The number of nitrogens with zero attached hydrogens (tertiary/aromatic N) is 2. The third-order valence-corrected chi connectivity index (χ3v) is 7.34. The highest BCUT2D eigenvalue weighted by Crippen LogP contribution is 2.57. The van der Waals surface area contributed by atoms with Crippen molar-refractivity contribution in [2.75, 3.05) is 0 Å². The molecule has 1 aromatic heterocycles. The number of carbonyl (C=O) groups excluding carboxylic acids is 2. The molecule has 2 amide bonds. The highest BCUT2D eigenvalue weighted by molar-refractivity contribution is 5.95. The summed E-state index contributed by atoms with van der Waals surface area (Å²) in [5, 5.41) is 6.01. The molecule has 1 aromatic carbocycles. The van der Waals surface area contributed by atoms with Crippen molar-refractivity contribution in [3.63, 3.8) is 0 Å². The van der Waals surface area contributed by atoms with E-state index < -0.39 is 40.1 Å². The van der Waals surface area contributed by atoms with Crippen molar-refractivity contribution in [3.05, 3.63) is 58.9 Å². The van der Waals surface area contributed by atoms with Gasteiger partial charge in [0.2, 0.25) is 0 Å². The van der Waals surface area contributed by atoms with Crippen molar-refractivity contribution in [1.29, 1.82) is 0 Å². The van der Waals surface area contributed by atoms with Gasteiger partial charge in [0.1, 0.15) is 11.5 Å². The minimum Gasteiger partial charge on any atom is -0.346 e.